The summed E-state index contributed by atoms with van der Waals surface area (Å²) in [6.07, 6.45) is 1.00. The minimum atomic E-state index is -3.85. The second kappa shape index (κ2) is 12.5. The molecule has 2 aromatic carbocycles. The summed E-state index contributed by atoms with van der Waals surface area (Å²) in [6, 6.07) is 8.99. The van der Waals surface area contributed by atoms with Crippen LogP contribution in [0.4, 0.5) is 9.18 Å². The van der Waals surface area contributed by atoms with Crippen LogP contribution in [0.15, 0.2) is 40.8 Å². The Balaban J connectivity index is 1.46. The number of benzene rings is 2. The number of alkyl carbamates (subject to hydrolysis) is 1. The number of rotatable bonds is 11. The van der Waals surface area contributed by atoms with Gasteiger partial charge in [-0.25, -0.2) is 22.3 Å². The molecule has 0 bridgehead atoms. The molecule has 1 heterocycles. The zero-order chi connectivity index (χ0) is 30.7. The highest BCUT2D eigenvalue weighted by atomic mass is 32.2. The molecule has 1 aliphatic carbocycles. The minimum Gasteiger partial charge on any atom is -0.463 e. The maximum absolute atomic E-state index is 13.5. The highest BCUT2D eigenvalue weighted by molar-refractivity contribution is 7.88. The SMILES string of the molecule is CNC(=O)c1c(-c2ccc(F)cc2)oc2cc(CS(=O)(=O)NCCOC(=O)CNC(=O)OC(C)(C)C)c(C3CC3)cc12. The van der Waals surface area contributed by atoms with Crippen molar-refractivity contribution in [2.24, 2.45) is 0 Å². The topological polar surface area (TPSA) is 153 Å². The second-order valence-electron chi connectivity index (χ2n) is 10.9. The van der Waals surface area contributed by atoms with E-state index in [4.69, 9.17) is 13.9 Å². The van der Waals surface area contributed by atoms with Crippen LogP contribution in [0.5, 0.6) is 0 Å². The molecule has 1 fully saturated rings. The van der Waals surface area contributed by atoms with Crippen molar-refractivity contribution in [1.82, 2.24) is 15.4 Å². The van der Waals surface area contributed by atoms with Gasteiger partial charge in [0.2, 0.25) is 10.0 Å². The average molecular weight is 604 g/mol. The molecule has 0 aliphatic heterocycles. The molecule has 226 valence electrons. The van der Waals surface area contributed by atoms with Gasteiger partial charge < -0.3 is 24.5 Å². The lowest BCUT2D eigenvalue weighted by Gasteiger charge is -2.19. The number of hydrogen-bond donors (Lipinski definition) is 3. The van der Waals surface area contributed by atoms with E-state index in [1.807, 2.05) is 0 Å². The first-order chi connectivity index (χ1) is 19.8. The Morgan fingerprint density at radius 1 is 1.10 bits per heavy atom. The van der Waals surface area contributed by atoms with Crippen LogP contribution in [0.1, 0.15) is 61.0 Å². The third kappa shape index (κ3) is 8.07. The number of esters is 1. The van der Waals surface area contributed by atoms with E-state index in [1.54, 1.807) is 32.9 Å². The zero-order valence-electron chi connectivity index (χ0n) is 23.8. The quantitative estimate of drug-likeness (QED) is 0.220. The average Bonchev–Trinajstić information content (AvgIpc) is 3.69. The molecule has 3 aromatic rings. The van der Waals surface area contributed by atoms with Crippen LogP contribution in [0.2, 0.25) is 0 Å². The fraction of sp³-hybridized carbons (Fsp3) is 0.414. The Hall–Kier alpha value is -3.97. The van der Waals surface area contributed by atoms with E-state index in [0.717, 1.165) is 18.4 Å². The Morgan fingerprint density at radius 3 is 2.40 bits per heavy atom. The fourth-order valence-electron chi connectivity index (χ4n) is 4.38. The van der Waals surface area contributed by atoms with Crippen LogP contribution >= 0.6 is 0 Å². The van der Waals surface area contributed by atoms with E-state index in [1.165, 1.54) is 31.3 Å². The van der Waals surface area contributed by atoms with Gasteiger partial charge in [0.25, 0.3) is 5.91 Å². The van der Waals surface area contributed by atoms with Gasteiger partial charge in [-0.3, -0.25) is 9.59 Å². The van der Waals surface area contributed by atoms with E-state index in [2.05, 4.69) is 15.4 Å². The number of furan rings is 1. The number of ether oxygens (including phenoxy) is 2. The second-order valence-corrected chi connectivity index (χ2v) is 12.7. The molecule has 1 saturated carbocycles. The van der Waals surface area contributed by atoms with Gasteiger partial charge in [-0.05, 0) is 87.1 Å². The first-order valence-electron chi connectivity index (χ1n) is 13.4. The lowest BCUT2D eigenvalue weighted by Crippen LogP contribution is -2.36. The third-order valence-electron chi connectivity index (χ3n) is 6.34. The molecule has 0 saturated heterocycles. The monoisotopic (exact) mass is 603 g/mol. The highest BCUT2D eigenvalue weighted by Crippen LogP contribution is 2.45. The number of carbonyl (C=O) groups excluding carboxylic acids is 3. The van der Waals surface area contributed by atoms with Crippen molar-refractivity contribution in [2.45, 2.75) is 50.9 Å². The Kier molecular flexibility index (Phi) is 9.21. The van der Waals surface area contributed by atoms with Gasteiger partial charge in [-0.1, -0.05) is 0 Å². The molecule has 0 spiro atoms. The highest BCUT2D eigenvalue weighted by Gasteiger charge is 2.31. The molecular weight excluding hydrogens is 569 g/mol. The molecule has 13 heteroatoms. The Labute approximate surface area is 243 Å². The van der Waals surface area contributed by atoms with Crippen LogP contribution in [0, 0.1) is 5.82 Å². The van der Waals surface area contributed by atoms with Gasteiger partial charge in [-0.15, -0.1) is 0 Å². The zero-order valence-corrected chi connectivity index (χ0v) is 24.7. The maximum atomic E-state index is 13.5. The van der Waals surface area contributed by atoms with Crippen molar-refractivity contribution < 1.29 is 41.1 Å². The Morgan fingerprint density at radius 2 is 1.79 bits per heavy atom. The molecule has 1 aromatic heterocycles. The van der Waals surface area contributed by atoms with Crippen LogP contribution < -0.4 is 15.4 Å². The summed E-state index contributed by atoms with van der Waals surface area (Å²) in [5.74, 6) is -1.51. The number of fused-ring (bicyclic) bond motifs is 1. The smallest absolute Gasteiger partial charge is 0.408 e. The summed E-state index contributed by atoms with van der Waals surface area (Å²) in [7, 11) is -2.35. The van der Waals surface area contributed by atoms with Crippen LogP contribution in [0.25, 0.3) is 22.3 Å². The van der Waals surface area contributed by atoms with Gasteiger partial charge in [0, 0.05) is 24.5 Å². The van der Waals surface area contributed by atoms with E-state index >= 15 is 0 Å². The fourth-order valence-corrected chi connectivity index (χ4v) is 5.54. The lowest BCUT2D eigenvalue weighted by molar-refractivity contribution is -0.142. The van der Waals surface area contributed by atoms with Gasteiger partial charge in [-0.2, -0.15) is 0 Å². The maximum Gasteiger partial charge on any atom is 0.408 e. The lowest BCUT2D eigenvalue weighted by atomic mass is 9.98. The molecule has 0 unspecified atom stereocenters. The predicted octanol–water partition coefficient (Wildman–Crippen LogP) is 3.96. The molecule has 3 N–H and O–H groups in total. The summed E-state index contributed by atoms with van der Waals surface area (Å²) in [4.78, 5) is 36.4. The number of halogens is 1. The van der Waals surface area contributed by atoms with Crippen molar-refractivity contribution >= 4 is 39.0 Å². The number of amides is 2. The molecule has 2 amide bonds. The molecule has 0 radical (unpaired) electrons. The number of sulfonamides is 1. The number of carbonyl (C=O) groups is 3. The predicted molar refractivity (Wildman–Crippen MR) is 153 cm³/mol. The summed E-state index contributed by atoms with van der Waals surface area (Å²) in [6.45, 7) is 4.22. The first kappa shape index (κ1) is 31.0. The van der Waals surface area contributed by atoms with Crippen LogP contribution in [0.3, 0.4) is 0 Å². The van der Waals surface area contributed by atoms with E-state index in [9.17, 15) is 27.2 Å². The molecule has 11 nitrogen and oxygen atoms in total. The van der Waals surface area contributed by atoms with E-state index < -0.39 is 40.0 Å². The summed E-state index contributed by atoms with van der Waals surface area (Å²) < 4.78 is 57.9. The van der Waals surface area contributed by atoms with Crippen molar-refractivity contribution in [2.75, 3.05) is 26.7 Å². The first-order valence-corrected chi connectivity index (χ1v) is 15.1. The van der Waals surface area contributed by atoms with Gasteiger partial charge in [0.1, 0.15) is 35.9 Å². The molecular formula is C29H34FN3O8S. The summed E-state index contributed by atoms with van der Waals surface area (Å²) >= 11 is 0. The molecule has 42 heavy (non-hydrogen) atoms. The van der Waals surface area contributed by atoms with Crippen molar-refractivity contribution in [3.63, 3.8) is 0 Å². The Bertz CT molecular complexity index is 1590. The molecule has 1 aliphatic rings. The number of nitrogens with one attached hydrogen (secondary N) is 3. The summed E-state index contributed by atoms with van der Waals surface area (Å²) in [5.41, 5.74) is 1.74. The third-order valence-corrected chi connectivity index (χ3v) is 7.67. The minimum absolute atomic E-state index is 0.153. The van der Waals surface area contributed by atoms with E-state index in [0.29, 0.717) is 22.1 Å². The largest absolute Gasteiger partial charge is 0.463 e. The van der Waals surface area contributed by atoms with Crippen LogP contribution in [-0.4, -0.2) is 58.7 Å². The van der Waals surface area contributed by atoms with Gasteiger partial charge in [0.05, 0.1) is 11.3 Å². The van der Waals surface area contributed by atoms with Gasteiger partial charge >= 0.3 is 12.1 Å². The van der Waals surface area contributed by atoms with Crippen molar-refractivity contribution in [3.05, 3.63) is 58.9 Å². The van der Waals surface area contributed by atoms with Crippen molar-refractivity contribution in [1.29, 1.82) is 0 Å². The molecule has 0 atom stereocenters. The number of hydrogen-bond acceptors (Lipinski definition) is 8. The molecule has 4 rings (SSSR count). The van der Waals surface area contributed by atoms with Crippen molar-refractivity contribution in [3.8, 4) is 11.3 Å². The standard InChI is InChI=1S/C29H34FN3O8S/c1-29(2,3)41-28(36)32-15-24(34)39-12-11-33-42(37,38)16-19-13-23-22(14-21(19)17-5-6-17)25(27(35)31-4)26(40-23)18-7-9-20(30)10-8-18/h7-10,13-14,17,33H,5-6,11-12,15-16H2,1-4H3,(H,31,35)(H,32,36). The van der Waals surface area contributed by atoms with Crippen LogP contribution in [-0.2, 0) is 30.0 Å². The summed E-state index contributed by atoms with van der Waals surface area (Å²) in [5, 5.41) is 5.42. The van der Waals surface area contributed by atoms with Gasteiger partial charge in [0.15, 0.2) is 0 Å². The van der Waals surface area contributed by atoms with E-state index in [-0.39, 0.29) is 42.1 Å². The normalized spacial score (nSPS) is 13.5.